The van der Waals surface area contributed by atoms with E-state index in [0.29, 0.717) is 17.5 Å². The molecule has 0 radical (unpaired) electrons. The SMILES string of the molecule is Clc1ccc(-c2nc(-c3cccc4sc5ccccc5c34)nc(-c3cccc4c3c3ccccc3n4-c3ccccc3)n2)c2sc3ccccc3c12. The van der Waals surface area contributed by atoms with Gasteiger partial charge >= 0.3 is 0 Å². The predicted octanol–water partition coefficient (Wildman–Crippen LogP) is 13.4. The molecule has 0 N–H and O–H groups in total. The first-order chi connectivity index (χ1) is 25.7. The number of halogens is 1. The molecule has 0 fully saturated rings. The van der Waals surface area contributed by atoms with E-state index in [0.717, 1.165) is 70.1 Å². The minimum absolute atomic E-state index is 0.619. The summed E-state index contributed by atoms with van der Waals surface area (Å²) in [6.07, 6.45) is 0. The van der Waals surface area contributed by atoms with Gasteiger partial charge < -0.3 is 4.57 Å². The van der Waals surface area contributed by atoms with Crippen LogP contribution in [-0.2, 0) is 0 Å². The number of aromatic nitrogens is 4. The Kier molecular flexibility index (Phi) is 6.61. The van der Waals surface area contributed by atoms with Crippen molar-refractivity contribution in [3.8, 4) is 39.9 Å². The molecule has 0 unspecified atom stereocenters. The Labute approximate surface area is 310 Å². The average Bonchev–Trinajstić information content (AvgIpc) is 3.88. The maximum absolute atomic E-state index is 6.93. The highest BCUT2D eigenvalue weighted by molar-refractivity contribution is 7.26. The monoisotopic (exact) mass is 720 g/mol. The third kappa shape index (κ3) is 4.42. The average molecular weight is 721 g/mol. The van der Waals surface area contributed by atoms with Crippen molar-refractivity contribution in [1.82, 2.24) is 19.5 Å². The predicted molar refractivity (Wildman–Crippen MR) is 221 cm³/mol. The number of rotatable bonds is 4. The van der Waals surface area contributed by atoms with Crippen LogP contribution in [0.3, 0.4) is 0 Å². The third-order valence-corrected chi connectivity index (χ3v) is 12.6. The highest BCUT2D eigenvalue weighted by Crippen LogP contribution is 2.45. The summed E-state index contributed by atoms with van der Waals surface area (Å²) in [5.41, 5.74) is 6.21. The fraction of sp³-hybridized carbons (Fsp3) is 0. The zero-order valence-electron chi connectivity index (χ0n) is 27.4. The normalized spacial score (nSPS) is 11.9. The number of para-hydroxylation sites is 2. The van der Waals surface area contributed by atoms with Gasteiger partial charge in [0.1, 0.15) is 0 Å². The van der Waals surface area contributed by atoms with Crippen molar-refractivity contribution in [2.75, 3.05) is 0 Å². The van der Waals surface area contributed by atoms with E-state index < -0.39 is 0 Å². The van der Waals surface area contributed by atoms with Crippen molar-refractivity contribution in [2.45, 2.75) is 0 Å². The van der Waals surface area contributed by atoms with Crippen molar-refractivity contribution < 1.29 is 0 Å². The molecule has 4 heterocycles. The van der Waals surface area contributed by atoms with E-state index in [1.54, 1.807) is 22.7 Å². The first-order valence-corrected chi connectivity index (χ1v) is 19.1. The second-order valence-electron chi connectivity index (χ2n) is 12.9. The fourth-order valence-corrected chi connectivity index (χ4v) is 10.4. The van der Waals surface area contributed by atoms with Crippen LogP contribution in [-0.4, -0.2) is 19.5 Å². The van der Waals surface area contributed by atoms with Crippen LogP contribution in [0, 0.1) is 0 Å². The summed E-state index contributed by atoms with van der Waals surface area (Å²) in [5.74, 6) is 1.89. The Morgan fingerprint density at radius 3 is 1.73 bits per heavy atom. The highest BCUT2D eigenvalue weighted by atomic mass is 35.5. The van der Waals surface area contributed by atoms with Crippen LogP contribution in [0.5, 0.6) is 0 Å². The Morgan fingerprint density at radius 1 is 0.404 bits per heavy atom. The van der Waals surface area contributed by atoms with Gasteiger partial charge in [-0.2, -0.15) is 0 Å². The Bertz CT molecular complexity index is 3210. The maximum Gasteiger partial charge on any atom is 0.165 e. The number of fused-ring (bicyclic) bond motifs is 9. The molecule has 11 aromatic rings. The summed E-state index contributed by atoms with van der Waals surface area (Å²) in [7, 11) is 0. The smallest absolute Gasteiger partial charge is 0.165 e. The van der Waals surface area contributed by atoms with Crippen LogP contribution < -0.4 is 0 Å². The van der Waals surface area contributed by atoms with Gasteiger partial charge in [0.15, 0.2) is 17.5 Å². The standard InChI is InChI=1S/C45H25ClN4S2/c46-33-25-24-32(42-41(33)29-16-6-9-22-37(29)52-42)45-48-43(47-44(49-45)31-18-11-23-38-40(31)28-15-5-8-21-36(28)51-38)30-17-10-20-35-39(30)27-14-4-7-19-34(27)50(35)26-12-2-1-3-13-26/h1-25H. The van der Waals surface area contributed by atoms with Crippen molar-refractivity contribution in [3.05, 3.63) is 157 Å². The van der Waals surface area contributed by atoms with Crippen molar-refractivity contribution >= 4 is 96.4 Å². The molecule has 0 bridgehead atoms. The summed E-state index contributed by atoms with van der Waals surface area (Å²) >= 11 is 10.4. The largest absolute Gasteiger partial charge is 0.309 e. The van der Waals surface area contributed by atoms with E-state index in [1.807, 2.05) is 6.07 Å². The van der Waals surface area contributed by atoms with E-state index in [9.17, 15) is 0 Å². The first-order valence-electron chi connectivity index (χ1n) is 17.1. The first kappa shape index (κ1) is 29.8. The molecule has 7 aromatic carbocycles. The molecule has 11 rings (SSSR count). The van der Waals surface area contributed by atoms with Crippen molar-refractivity contribution in [1.29, 1.82) is 0 Å². The van der Waals surface area contributed by atoms with Crippen molar-refractivity contribution in [3.63, 3.8) is 0 Å². The van der Waals surface area contributed by atoms with Gasteiger partial charge in [-0.3, -0.25) is 0 Å². The summed E-state index contributed by atoms with van der Waals surface area (Å²) in [5, 5.41) is 7.50. The van der Waals surface area contributed by atoms with E-state index in [4.69, 9.17) is 26.6 Å². The lowest BCUT2D eigenvalue weighted by molar-refractivity contribution is 1.08. The number of hydrogen-bond donors (Lipinski definition) is 0. The van der Waals surface area contributed by atoms with Crippen LogP contribution in [0.25, 0.3) is 102 Å². The zero-order valence-corrected chi connectivity index (χ0v) is 29.8. The zero-order chi connectivity index (χ0) is 34.3. The van der Waals surface area contributed by atoms with Gasteiger partial charge in [-0.15, -0.1) is 22.7 Å². The molecule has 244 valence electrons. The molecule has 0 atom stereocenters. The molecule has 52 heavy (non-hydrogen) atoms. The van der Waals surface area contributed by atoms with Gasteiger partial charge in [0.2, 0.25) is 0 Å². The fourth-order valence-electron chi connectivity index (χ4n) is 7.72. The molecule has 0 aliphatic rings. The Morgan fingerprint density at radius 2 is 0.962 bits per heavy atom. The van der Waals surface area contributed by atoms with Gasteiger partial charge in [0, 0.05) is 78.5 Å². The van der Waals surface area contributed by atoms with Crippen LogP contribution in [0.2, 0.25) is 5.02 Å². The van der Waals surface area contributed by atoms with Crippen LogP contribution >= 0.6 is 34.3 Å². The minimum Gasteiger partial charge on any atom is -0.309 e. The minimum atomic E-state index is 0.619. The topological polar surface area (TPSA) is 43.6 Å². The molecule has 0 spiro atoms. The van der Waals surface area contributed by atoms with Crippen LogP contribution in [0.15, 0.2) is 152 Å². The van der Waals surface area contributed by atoms with Gasteiger partial charge in [0.25, 0.3) is 0 Å². The van der Waals surface area contributed by atoms with Crippen LogP contribution in [0.1, 0.15) is 0 Å². The van der Waals surface area contributed by atoms with Gasteiger partial charge in [0.05, 0.1) is 11.0 Å². The second-order valence-corrected chi connectivity index (χ2v) is 15.4. The quantitative estimate of drug-likeness (QED) is 0.182. The number of hydrogen-bond acceptors (Lipinski definition) is 5. The summed E-state index contributed by atoms with van der Waals surface area (Å²) in [6.45, 7) is 0. The number of benzene rings is 7. The Balaban J connectivity index is 1.25. The summed E-state index contributed by atoms with van der Waals surface area (Å²) < 4.78 is 7.01. The van der Waals surface area contributed by atoms with E-state index in [1.165, 1.54) is 19.5 Å². The summed E-state index contributed by atoms with van der Waals surface area (Å²) in [4.78, 5) is 16.0. The summed E-state index contributed by atoms with van der Waals surface area (Å²) in [6, 6.07) is 53.0. The molecular weight excluding hydrogens is 696 g/mol. The molecular formula is C45H25ClN4S2. The lowest BCUT2D eigenvalue weighted by Crippen LogP contribution is -2.01. The lowest BCUT2D eigenvalue weighted by atomic mass is 10.0. The van der Waals surface area contributed by atoms with Gasteiger partial charge in [-0.05, 0) is 54.6 Å². The van der Waals surface area contributed by atoms with Gasteiger partial charge in [-0.25, -0.2) is 15.0 Å². The molecule has 4 nitrogen and oxygen atoms in total. The highest BCUT2D eigenvalue weighted by Gasteiger charge is 2.22. The van der Waals surface area contributed by atoms with Gasteiger partial charge in [-0.1, -0.05) is 109 Å². The van der Waals surface area contributed by atoms with Crippen LogP contribution in [0.4, 0.5) is 0 Å². The second kappa shape index (κ2) is 11.6. The number of thiophene rings is 2. The molecule has 0 amide bonds. The molecule has 0 saturated heterocycles. The molecule has 0 aliphatic heterocycles. The lowest BCUT2D eigenvalue weighted by Gasteiger charge is -2.12. The van der Waals surface area contributed by atoms with E-state index in [2.05, 4.69) is 150 Å². The van der Waals surface area contributed by atoms with Crippen molar-refractivity contribution in [2.24, 2.45) is 0 Å². The van der Waals surface area contributed by atoms with E-state index in [-0.39, 0.29) is 0 Å². The molecule has 0 aliphatic carbocycles. The number of nitrogens with zero attached hydrogens (tertiary/aromatic N) is 4. The maximum atomic E-state index is 6.93. The third-order valence-electron chi connectivity index (χ3n) is 9.95. The Hall–Kier alpha value is -5.92. The molecule has 7 heteroatoms. The van der Waals surface area contributed by atoms with E-state index >= 15 is 0 Å². The molecule has 4 aromatic heterocycles. The molecule has 0 saturated carbocycles.